The first-order chi connectivity index (χ1) is 16.2. The van der Waals surface area contributed by atoms with Gasteiger partial charge >= 0.3 is 0 Å². The zero-order chi connectivity index (χ0) is 23.9. The summed E-state index contributed by atoms with van der Waals surface area (Å²) in [4.78, 5) is 30.1. The number of anilines is 2. The fourth-order valence-corrected chi connectivity index (χ4v) is 7.64. The molecule has 1 saturated heterocycles. The number of nitrogens with zero attached hydrogens (tertiary/aromatic N) is 2. The number of rotatable bonds is 2. The number of aromatic hydroxyl groups is 1. The highest BCUT2D eigenvalue weighted by molar-refractivity contribution is 8.02. The Morgan fingerprint density at radius 3 is 2.21 bits per heavy atom. The summed E-state index contributed by atoms with van der Waals surface area (Å²) in [5.74, 6) is 0.168. The molecular formula is C28H26N2O3S. The summed E-state index contributed by atoms with van der Waals surface area (Å²) in [6.07, 6.45) is 0.764. The maximum atomic E-state index is 14.4. The van der Waals surface area contributed by atoms with Gasteiger partial charge in [0.15, 0.2) is 0 Å². The van der Waals surface area contributed by atoms with Crippen LogP contribution < -0.4 is 9.80 Å². The Morgan fingerprint density at radius 1 is 0.824 bits per heavy atom. The second-order valence-electron chi connectivity index (χ2n) is 10.2. The van der Waals surface area contributed by atoms with E-state index in [0.29, 0.717) is 5.69 Å². The lowest BCUT2D eigenvalue weighted by molar-refractivity contribution is -0.124. The number of hydrogen-bond donors (Lipinski definition) is 1. The van der Waals surface area contributed by atoms with Gasteiger partial charge in [-0.1, -0.05) is 55.5 Å². The molecule has 2 amide bonds. The van der Waals surface area contributed by atoms with Crippen molar-refractivity contribution in [2.45, 2.75) is 43.0 Å². The van der Waals surface area contributed by atoms with Crippen LogP contribution in [0.2, 0.25) is 0 Å². The summed E-state index contributed by atoms with van der Waals surface area (Å²) < 4.78 is 0. The first-order valence-corrected chi connectivity index (χ1v) is 12.5. The maximum absolute atomic E-state index is 14.4. The normalized spacial score (nSPS) is 26.9. The molecule has 2 atom stereocenters. The van der Waals surface area contributed by atoms with E-state index >= 15 is 0 Å². The molecule has 3 aliphatic heterocycles. The summed E-state index contributed by atoms with van der Waals surface area (Å²) in [5.41, 5.74) is 4.01. The Hall–Kier alpha value is -3.25. The SMILES string of the molecule is CC1(C)C[C@](C)(c2ccccc2)c2cccc3c2N1C(=O)[C@]31SCC(=O)N1c1ccc(O)cc1. The molecule has 0 aliphatic carbocycles. The second kappa shape index (κ2) is 6.89. The summed E-state index contributed by atoms with van der Waals surface area (Å²) in [6, 6.07) is 23.2. The van der Waals surface area contributed by atoms with E-state index in [-0.39, 0.29) is 28.7 Å². The van der Waals surface area contributed by atoms with Gasteiger partial charge in [-0.05, 0) is 55.7 Å². The molecule has 1 fully saturated rings. The van der Waals surface area contributed by atoms with Gasteiger partial charge in [0.1, 0.15) is 5.75 Å². The maximum Gasteiger partial charge on any atom is 0.269 e. The van der Waals surface area contributed by atoms with Gasteiger partial charge in [-0.3, -0.25) is 14.5 Å². The van der Waals surface area contributed by atoms with Crippen LogP contribution in [0.5, 0.6) is 5.75 Å². The molecule has 0 radical (unpaired) electrons. The standard InChI is InChI=1S/C28H26N2O3S/c1-26(2)17-27(3,18-8-5-4-6-9-18)21-10-7-11-22-24(21)30(26)25(33)28(22)29(23(32)16-34-28)19-12-14-20(31)15-13-19/h4-15,31H,16-17H2,1-3H3/t27-,28-/m1/s1. The smallest absolute Gasteiger partial charge is 0.269 e. The van der Waals surface area contributed by atoms with Crippen LogP contribution in [0, 0.1) is 0 Å². The molecule has 3 aromatic carbocycles. The first kappa shape index (κ1) is 21.3. The highest BCUT2D eigenvalue weighted by Crippen LogP contribution is 2.62. The van der Waals surface area contributed by atoms with E-state index in [1.165, 1.54) is 17.3 Å². The highest BCUT2D eigenvalue weighted by atomic mass is 32.2. The molecule has 6 rings (SSSR count). The molecule has 3 aromatic rings. The molecule has 5 nitrogen and oxygen atoms in total. The fourth-order valence-electron chi connectivity index (χ4n) is 6.31. The number of carbonyl (C=O) groups excluding carboxylic acids is 2. The lowest BCUT2D eigenvalue weighted by Crippen LogP contribution is -2.58. The number of thioether (sulfide) groups is 1. The van der Waals surface area contributed by atoms with Gasteiger partial charge in [-0.2, -0.15) is 0 Å². The van der Waals surface area contributed by atoms with Crippen molar-refractivity contribution in [3.63, 3.8) is 0 Å². The predicted octanol–water partition coefficient (Wildman–Crippen LogP) is 5.16. The molecule has 1 N–H and O–H groups in total. The van der Waals surface area contributed by atoms with Crippen molar-refractivity contribution in [1.29, 1.82) is 0 Å². The second-order valence-corrected chi connectivity index (χ2v) is 11.4. The van der Waals surface area contributed by atoms with E-state index in [1.807, 2.05) is 23.1 Å². The van der Waals surface area contributed by atoms with E-state index in [2.05, 4.69) is 51.1 Å². The van der Waals surface area contributed by atoms with Gasteiger partial charge in [-0.25, -0.2) is 0 Å². The zero-order valence-electron chi connectivity index (χ0n) is 19.4. The van der Waals surface area contributed by atoms with Crippen molar-refractivity contribution in [3.8, 4) is 5.75 Å². The van der Waals surface area contributed by atoms with Crippen LogP contribution >= 0.6 is 11.8 Å². The van der Waals surface area contributed by atoms with E-state index < -0.39 is 10.4 Å². The van der Waals surface area contributed by atoms with Gasteiger partial charge in [0, 0.05) is 22.2 Å². The Kier molecular flexibility index (Phi) is 4.31. The summed E-state index contributed by atoms with van der Waals surface area (Å²) in [5, 5.41) is 9.81. The number of benzene rings is 3. The topological polar surface area (TPSA) is 60.9 Å². The number of hydrogen-bond acceptors (Lipinski definition) is 4. The van der Waals surface area contributed by atoms with Crippen LogP contribution in [0.3, 0.4) is 0 Å². The van der Waals surface area contributed by atoms with Crippen LogP contribution in [0.1, 0.15) is 43.9 Å². The molecule has 3 aliphatic rings. The number of phenolic OH excluding ortho intramolecular Hbond substituents is 1. The molecule has 6 heteroatoms. The zero-order valence-corrected chi connectivity index (χ0v) is 20.2. The first-order valence-electron chi connectivity index (χ1n) is 11.5. The molecule has 0 bridgehead atoms. The van der Waals surface area contributed by atoms with Crippen molar-refractivity contribution in [1.82, 2.24) is 0 Å². The van der Waals surface area contributed by atoms with Gasteiger partial charge in [-0.15, -0.1) is 11.8 Å². The number of fused-ring (bicyclic) bond motifs is 1. The molecule has 34 heavy (non-hydrogen) atoms. The summed E-state index contributed by atoms with van der Waals surface area (Å²) >= 11 is 1.39. The molecular weight excluding hydrogens is 444 g/mol. The van der Waals surface area contributed by atoms with Crippen LogP contribution in [-0.2, 0) is 19.9 Å². The Balaban J connectivity index is 1.63. The summed E-state index contributed by atoms with van der Waals surface area (Å²) in [7, 11) is 0. The third-order valence-electron chi connectivity index (χ3n) is 7.59. The van der Waals surface area contributed by atoms with Crippen LogP contribution in [0.15, 0.2) is 72.8 Å². The lowest BCUT2D eigenvalue weighted by atomic mass is 9.65. The minimum Gasteiger partial charge on any atom is -0.508 e. The third kappa shape index (κ3) is 2.57. The number of para-hydroxylation sites is 1. The monoisotopic (exact) mass is 470 g/mol. The van der Waals surface area contributed by atoms with Crippen LogP contribution in [0.4, 0.5) is 11.4 Å². The molecule has 3 heterocycles. The minimum atomic E-state index is -1.15. The molecule has 0 aromatic heterocycles. The fraction of sp³-hybridized carbons (Fsp3) is 0.286. The Bertz CT molecular complexity index is 1340. The highest BCUT2D eigenvalue weighted by Gasteiger charge is 2.65. The van der Waals surface area contributed by atoms with E-state index in [9.17, 15) is 14.7 Å². The van der Waals surface area contributed by atoms with Crippen molar-refractivity contribution >= 4 is 35.0 Å². The predicted molar refractivity (Wildman–Crippen MR) is 135 cm³/mol. The molecule has 172 valence electrons. The van der Waals surface area contributed by atoms with Crippen LogP contribution in [0.25, 0.3) is 0 Å². The van der Waals surface area contributed by atoms with Crippen molar-refractivity contribution in [2.75, 3.05) is 15.6 Å². The quantitative estimate of drug-likeness (QED) is 0.562. The molecule has 0 unspecified atom stereocenters. The number of amides is 2. The molecule has 0 saturated carbocycles. The average Bonchev–Trinajstić information content (AvgIpc) is 3.29. The van der Waals surface area contributed by atoms with E-state index in [1.54, 1.807) is 29.2 Å². The summed E-state index contributed by atoms with van der Waals surface area (Å²) in [6.45, 7) is 6.51. The number of phenols is 1. The van der Waals surface area contributed by atoms with Gasteiger partial charge in [0.25, 0.3) is 5.91 Å². The van der Waals surface area contributed by atoms with Gasteiger partial charge < -0.3 is 10.0 Å². The van der Waals surface area contributed by atoms with Crippen molar-refractivity contribution in [2.24, 2.45) is 0 Å². The lowest BCUT2D eigenvalue weighted by Gasteiger charge is -2.50. The third-order valence-corrected chi connectivity index (χ3v) is 8.98. The van der Waals surface area contributed by atoms with Crippen molar-refractivity contribution < 1.29 is 14.7 Å². The molecule has 1 spiro atoms. The van der Waals surface area contributed by atoms with Gasteiger partial charge in [0.05, 0.1) is 11.4 Å². The minimum absolute atomic E-state index is 0.0704. The largest absolute Gasteiger partial charge is 0.508 e. The Labute approximate surface area is 203 Å². The van der Waals surface area contributed by atoms with E-state index in [4.69, 9.17) is 0 Å². The van der Waals surface area contributed by atoms with E-state index in [0.717, 1.165) is 23.2 Å². The van der Waals surface area contributed by atoms with Crippen molar-refractivity contribution in [3.05, 3.63) is 89.5 Å². The van der Waals surface area contributed by atoms with Gasteiger partial charge in [0.2, 0.25) is 10.8 Å². The number of carbonyl (C=O) groups is 2. The average molecular weight is 471 g/mol. The Morgan fingerprint density at radius 2 is 1.50 bits per heavy atom. The van der Waals surface area contributed by atoms with Crippen LogP contribution in [-0.4, -0.2) is 28.2 Å².